The third kappa shape index (κ3) is 5.04. The molecule has 0 radical (unpaired) electrons. The van der Waals surface area contributed by atoms with Gasteiger partial charge in [-0.15, -0.1) is 6.42 Å². The number of rotatable bonds is 6. The first kappa shape index (κ1) is 18.4. The van der Waals surface area contributed by atoms with Gasteiger partial charge in [-0.2, -0.15) is 0 Å². The minimum absolute atomic E-state index is 0.0666. The van der Waals surface area contributed by atoms with Crippen LogP contribution in [0.3, 0.4) is 0 Å². The number of nitro benzene ring substituents is 1. The predicted octanol–water partition coefficient (Wildman–Crippen LogP) is 2.61. The second-order valence-corrected chi connectivity index (χ2v) is 5.11. The number of nitro groups is 1. The number of non-ortho nitro benzene ring substituents is 1. The van der Waals surface area contributed by atoms with Crippen molar-refractivity contribution in [2.45, 2.75) is 0 Å². The highest BCUT2D eigenvalue weighted by atomic mass is 16.6. The van der Waals surface area contributed by atoms with Gasteiger partial charge in [0, 0.05) is 18.2 Å². The van der Waals surface area contributed by atoms with Gasteiger partial charge in [0.25, 0.3) is 11.6 Å². The molecule has 7 nitrogen and oxygen atoms in total. The van der Waals surface area contributed by atoms with Crippen molar-refractivity contribution in [2.24, 2.45) is 0 Å². The molecule has 0 aliphatic rings. The quantitative estimate of drug-likeness (QED) is 0.362. The average molecular weight is 349 g/mol. The lowest BCUT2D eigenvalue weighted by Gasteiger charge is -2.09. The van der Waals surface area contributed by atoms with E-state index >= 15 is 0 Å². The van der Waals surface area contributed by atoms with Gasteiger partial charge in [0.1, 0.15) is 0 Å². The fraction of sp³-hybridized carbons (Fsp3) is 0.0526. The Bertz CT molecular complexity index is 913. The Balaban J connectivity index is 2.11. The van der Waals surface area contributed by atoms with Gasteiger partial charge in [0.05, 0.1) is 22.7 Å². The number of nitrogens with zero attached hydrogens (tertiary/aromatic N) is 1. The lowest BCUT2D eigenvalue weighted by molar-refractivity contribution is -0.384. The van der Waals surface area contributed by atoms with Crippen LogP contribution in [0.25, 0.3) is 6.08 Å². The number of terminal acetylenes is 1. The lowest BCUT2D eigenvalue weighted by atomic mass is 10.1. The topological polar surface area (TPSA) is 101 Å². The van der Waals surface area contributed by atoms with Gasteiger partial charge < -0.3 is 10.6 Å². The Morgan fingerprint density at radius 1 is 1.19 bits per heavy atom. The van der Waals surface area contributed by atoms with Crippen LogP contribution in [0.4, 0.5) is 11.4 Å². The van der Waals surface area contributed by atoms with Gasteiger partial charge in [-0.1, -0.05) is 30.2 Å². The first-order valence-electron chi connectivity index (χ1n) is 7.55. The van der Waals surface area contributed by atoms with Gasteiger partial charge in [0.15, 0.2) is 0 Å². The summed E-state index contributed by atoms with van der Waals surface area (Å²) in [4.78, 5) is 34.4. The van der Waals surface area contributed by atoms with Crippen molar-refractivity contribution in [1.82, 2.24) is 5.32 Å². The minimum atomic E-state index is -0.511. The van der Waals surface area contributed by atoms with Crippen molar-refractivity contribution < 1.29 is 14.5 Å². The molecule has 130 valence electrons. The van der Waals surface area contributed by atoms with E-state index in [1.54, 1.807) is 30.3 Å². The van der Waals surface area contributed by atoms with Crippen molar-refractivity contribution in [1.29, 1.82) is 0 Å². The van der Waals surface area contributed by atoms with Crippen molar-refractivity contribution >= 4 is 29.3 Å². The smallest absolute Gasteiger partial charge is 0.270 e. The number of benzene rings is 2. The van der Waals surface area contributed by atoms with E-state index in [4.69, 9.17) is 6.42 Å². The predicted molar refractivity (Wildman–Crippen MR) is 98.4 cm³/mol. The molecule has 0 atom stereocenters. The summed E-state index contributed by atoms with van der Waals surface area (Å²) in [7, 11) is 0. The summed E-state index contributed by atoms with van der Waals surface area (Å²) in [5.41, 5.74) is 1.05. The van der Waals surface area contributed by atoms with E-state index < -0.39 is 16.7 Å². The third-order valence-electron chi connectivity index (χ3n) is 3.29. The molecule has 2 N–H and O–H groups in total. The summed E-state index contributed by atoms with van der Waals surface area (Å²) in [6, 6.07) is 12.4. The third-order valence-corrected chi connectivity index (χ3v) is 3.29. The number of para-hydroxylation sites is 1. The monoisotopic (exact) mass is 349 g/mol. The number of hydrogen-bond donors (Lipinski definition) is 2. The highest BCUT2D eigenvalue weighted by Gasteiger charge is 2.11. The van der Waals surface area contributed by atoms with Crippen LogP contribution in [-0.2, 0) is 4.79 Å². The highest BCUT2D eigenvalue weighted by Crippen LogP contribution is 2.16. The first-order chi connectivity index (χ1) is 12.5. The normalized spacial score (nSPS) is 10.1. The van der Waals surface area contributed by atoms with E-state index in [1.807, 2.05) is 0 Å². The number of carbonyl (C=O) groups is 2. The first-order valence-corrected chi connectivity index (χ1v) is 7.55. The maximum atomic E-state index is 12.1. The van der Waals surface area contributed by atoms with Gasteiger partial charge in [-0.3, -0.25) is 19.7 Å². The molecule has 26 heavy (non-hydrogen) atoms. The van der Waals surface area contributed by atoms with Crippen molar-refractivity contribution in [3.63, 3.8) is 0 Å². The molecule has 0 heterocycles. The molecule has 0 saturated heterocycles. The van der Waals surface area contributed by atoms with E-state index in [0.717, 1.165) is 0 Å². The Labute approximate surface area is 149 Å². The SMILES string of the molecule is C#CCNC(=O)c1ccccc1NC(=O)/C=C/c1cccc([N+](=O)[O-])c1. The zero-order valence-corrected chi connectivity index (χ0v) is 13.6. The van der Waals surface area contributed by atoms with Crippen LogP contribution < -0.4 is 10.6 Å². The summed E-state index contributed by atoms with van der Waals surface area (Å²) in [5, 5.41) is 15.9. The Hall–Kier alpha value is -3.92. The van der Waals surface area contributed by atoms with E-state index in [1.165, 1.54) is 30.4 Å². The molecular formula is C19H15N3O4. The molecule has 0 spiro atoms. The Kier molecular flexibility index (Phi) is 6.23. The van der Waals surface area contributed by atoms with Crippen molar-refractivity contribution in [2.75, 3.05) is 11.9 Å². The van der Waals surface area contributed by atoms with Crippen LogP contribution in [0.1, 0.15) is 15.9 Å². The maximum absolute atomic E-state index is 12.1. The largest absolute Gasteiger partial charge is 0.341 e. The van der Waals surface area contributed by atoms with Gasteiger partial charge >= 0.3 is 0 Å². The van der Waals surface area contributed by atoms with E-state index in [9.17, 15) is 19.7 Å². The Morgan fingerprint density at radius 2 is 1.96 bits per heavy atom. The number of amides is 2. The van der Waals surface area contributed by atoms with Gasteiger partial charge in [0.2, 0.25) is 5.91 Å². The van der Waals surface area contributed by atoms with Crippen LogP contribution in [0.15, 0.2) is 54.6 Å². The molecule has 7 heteroatoms. The van der Waals surface area contributed by atoms with Crippen molar-refractivity contribution in [3.8, 4) is 12.3 Å². The molecule has 0 aromatic heterocycles. The molecule has 2 amide bonds. The van der Waals surface area contributed by atoms with Crippen LogP contribution in [0.5, 0.6) is 0 Å². The zero-order chi connectivity index (χ0) is 18.9. The van der Waals surface area contributed by atoms with E-state index in [2.05, 4.69) is 16.6 Å². The zero-order valence-electron chi connectivity index (χ0n) is 13.6. The van der Waals surface area contributed by atoms with Gasteiger partial charge in [-0.05, 0) is 23.8 Å². The number of nitrogens with one attached hydrogen (secondary N) is 2. The fourth-order valence-electron chi connectivity index (χ4n) is 2.10. The summed E-state index contributed by atoms with van der Waals surface area (Å²) >= 11 is 0. The van der Waals surface area contributed by atoms with Crippen LogP contribution >= 0.6 is 0 Å². The number of carbonyl (C=O) groups excluding carboxylic acids is 2. The molecule has 0 unspecified atom stereocenters. The van der Waals surface area contributed by atoms with Crippen LogP contribution in [0, 0.1) is 22.5 Å². The fourth-order valence-corrected chi connectivity index (χ4v) is 2.10. The maximum Gasteiger partial charge on any atom is 0.270 e. The standard InChI is InChI=1S/C19H15N3O4/c1-2-12-20-19(24)16-8-3-4-9-17(16)21-18(23)11-10-14-6-5-7-15(13-14)22(25)26/h1,3-11,13H,12H2,(H,20,24)(H,21,23)/b11-10+. The Morgan fingerprint density at radius 3 is 2.69 bits per heavy atom. The number of anilines is 1. The number of hydrogen-bond acceptors (Lipinski definition) is 4. The van der Waals surface area contributed by atoms with E-state index in [0.29, 0.717) is 11.3 Å². The second kappa shape index (κ2) is 8.80. The van der Waals surface area contributed by atoms with Gasteiger partial charge in [-0.25, -0.2) is 0 Å². The highest BCUT2D eigenvalue weighted by molar-refractivity contribution is 6.07. The molecular weight excluding hydrogens is 334 g/mol. The summed E-state index contributed by atoms with van der Waals surface area (Å²) in [6.45, 7) is 0.0772. The van der Waals surface area contributed by atoms with Crippen LogP contribution in [-0.4, -0.2) is 23.3 Å². The molecule has 2 aromatic carbocycles. The van der Waals surface area contributed by atoms with Crippen molar-refractivity contribution in [3.05, 3.63) is 75.8 Å². The molecule has 0 bridgehead atoms. The molecule has 0 aliphatic heterocycles. The summed E-state index contributed by atoms with van der Waals surface area (Å²) in [6.07, 6.45) is 7.79. The lowest BCUT2D eigenvalue weighted by Crippen LogP contribution is -2.25. The average Bonchev–Trinajstić information content (AvgIpc) is 2.65. The van der Waals surface area contributed by atoms with E-state index in [-0.39, 0.29) is 17.8 Å². The summed E-state index contributed by atoms with van der Waals surface area (Å²) < 4.78 is 0. The molecule has 0 aliphatic carbocycles. The second-order valence-electron chi connectivity index (χ2n) is 5.11. The van der Waals surface area contributed by atoms with Crippen LogP contribution in [0.2, 0.25) is 0 Å². The molecule has 2 aromatic rings. The summed E-state index contributed by atoms with van der Waals surface area (Å²) in [5.74, 6) is 1.42. The minimum Gasteiger partial charge on any atom is -0.341 e. The molecule has 0 fully saturated rings. The molecule has 0 saturated carbocycles. The molecule has 2 rings (SSSR count).